The Morgan fingerprint density at radius 2 is 1.74 bits per heavy atom. The highest BCUT2D eigenvalue weighted by Crippen LogP contribution is 2.37. The molecule has 3 aromatic rings. The molecule has 14 heteroatoms. The van der Waals surface area contributed by atoms with Gasteiger partial charge in [-0.1, -0.05) is 41.4 Å². The Kier molecular flexibility index (Phi) is 10.7. The summed E-state index contributed by atoms with van der Waals surface area (Å²) in [6, 6.07) is 14.5. The number of sulfonamides is 1. The molecule has 0 radical (unpaired) electrons. The summed E-state index contributed by atoms with van der Waals surface area (Å²) in [5.74, 6) is 0.882. The Morgan fingerprint density at radius 1 is 1.05 bits per heavy atom. The number of carbonyl (C=O) groups excluding carboxylic acids is 1. The zero-order valence-corrected chi connectivity index (χ0v) is 24.1. The van der Waals surface area contributed by atoms with Crippen molar-refractivity contribution in [1.29, 1.82) is 0 Å². The third-order valence-corrected chi connectivity index (χ3v) is 8.95. The number of anilines is 1. The third kappa shape index (κ3) is 7.47. The smallest absolute Gasteiger partial charge is 0.289 e. The first kappa shape index (κ1) is 30.4. The molecule has 1 N–H and O–H groups in total. The number of halogens is 2. The first-order valence-corrected chi connectivity index (χ1v) is 14.7. The molecule has 208 valence electrons. The number of para-hydroxylation sites is 1. The summed E-state index contributed by atoms with van der Waals surface area (Å²) in [5, 5.41) is 15.4. The Balaban J connectivity index is 1.82. The van der Waals surface area contributed by atoms with E-state index in [-0.39, 0.29) is 18.0 Å². The van der Waals surface area contributed by atoms with Crippen LogP contribution in [0.25, 0.3) is 0 Å². The average molecular weight is 615 g/mol. The van der Waals surface area contributed by atoms with Crippen LogP contribution in [-0.4, -0.2) is 52.3 Å². The van der Waals surface area contributed by atoms with Crippen molar-refractivity contribution >= 4 is 62.3 Å². The van der Waals surface area contributed by atoms with Crippen molar-refractivity contribution in [1.82, 2.24) is 5.32 Å². The number of carbonyl (C=O) groups is 1. The highest BCUT2D eigenvalue weighted by Gasteiger charge is 2.34. The predicted molar refractivity (Wildman–Crippen MR) is 153 cm³/mol. The fraction of sp³-hybridized carbons (Fsp3) is 0.240. The molecule has 3 aromatic carbocycles. The van der Waals surface area contributed by atoms with Gasteiger partial charge in [0.25, 0.3) is 15.7 Å². The maximum absolute atomic E-state index is 13.7. The lowest BCUT2D eigenvalue weighted by Gasteiger charge is -2.25. The maximum Gasteiger partial charge on any atom is 0.289 e. The molecule has 10 nitrogen and oxygen atoms in total. The molecule has 39 heavy (non-hydrogen) atoms. The summed E-state index contributed by atoms with van der Waals surface area (Å²) < 4.78 is 38.8. The number of amides is 1. The molecule has 0 aromatic heterocycles. The summed E-state index contributed by atoms with van der Waals surface area (Å²) in [5.41, 5.74) is 0.171. The van der Waals surface area contributed by atoms with Crippen molar-refractivity contribution in [3.8, 4) is 11.5 Å². The van der Waals surface area contributed by atoms with Gasteiger partial charge in [0, 0.05) is 40.2 Å². The molecule has 0 fully saturated rings. The second-order valence-electron chi connectivity index (χ2n) is 7.88. The Morgan fingerprint density at radius 3 is 2.38 bits per heavy atom. The van der Waals surface area contributed by atoms with E-state index < -0.39 is 38.0 Å². The van der Waals surface area contributed by atoms with Crippen LogP contribution < -0.4 is 19.1 Å². The van der Waals surface area contributed by atoms with E-state index in [4.69, 9.17) is 32.7 Å². The zero-order chi connectivity index (χ0) is 28.6. The number of hydrogen-bond acceptors (Lipinski definition) is 8. The third-order valence-electron chi connectivity index (χ3n) is 5.45. The van der Waals surface area contributed by atoms with Crippen molar-refractivity contribution in [2.75, 3.05) is 37.4 Å². The van der Waals surface area contributed by atoms with Gasteiger partial charge >= 0.3 is 0 Å². The topological polar surface area (TPSA) is 128 Å². The van der Waals surface area contributed by atoms with Crippen molar-refractivity contribution < 1.29 is 27.6 Å². The summed E-state index contributed by atoms with van der Waals surface area (Å²) in [6.45, 7) is -0.428. The SMILES string of the molecule is COc1ccc(N(CC(=O)NCCSCc2c(Cl)cccc2Cl)S(=O)(=O)c2ccccc2[N+](=O)[O-])c(OC)c1. The minimum atomic E-state index is -4.58. The number of nitro groups is 1. The predicted octanol–water partition coefficient (Wildman–Crippen LogP) is 5.16. The number of hydrogen-bond donors (Lipinski definition) is 1. The normalized spacial score (nSPS) is 11.1. The van der Waals surface area contributed by atoms with Gasteiger partial charge in [0.2, 0.25) is 5.91 Å². The molecule has 0 spiro atoms. The zero-order valence-electron chi connectivity index (χ0n) is 20.9. The van der Waals surface area contributed by atoms with Crippen LogP contribution in [0, 0.1) is 10.1 Å². The molecule has 0 heterocycles. The number of nitrogens with one attached hydrogen (secondary N) is 1. The summed E-state index contributed by atoms with van der Waals surface area (Å²) >= 11 is 13.9. The second kappa shape index (κ2) is 13.7. The van der Waals surface area contributed by atoms with Crippen LogP contribution in [-0.2, 0) is 20.6 Å². The van der Waals surface area contributed by atoms with Gasteiger partial charge in [0.05, 0.1) is 24.8 Å². The molecule has 0 aliphatic rings. The summed E-state index contributed by atoms with van der Waals surface area (Å²) in [7, 11) is -1.82. The van der Waals surface area contributed by atoms with Gasteiger partial charge in [-0.3, -0.25) is 19.2 Å². The van der Waals surface area contributed by atoms with Crippen LogP contribution in [0.3, 0.4) is 0 Å². The second-order valence-corrected chi connectivity index (χ2v) is 11.6. The number of thioether (sulfide) groups is 1. The standard InChI is InChI=1S/C25H25Cl2N3O7S2/c1-36-17-10-11-21(23(14-17)37-2)29(39(34,35)24-9-4-3-8-22(24)30(32)33)15-25(31)28-12-13-38-16-18-19(26)6-5-7-20(18)27/h3-11,14H,12-13,15-16H2,1-2H3,(H,28,31). The summed E-state index contributed by atoms with van der Waals surface area (Å²) in [6.07, 6.45) is 0. The van der Waals surface area contributed by atoms with E-state index in [1.165, 1.54) is 56.3 Å². The van der Waals surface area contributed by atoms with Gasteiger partial charge < -0.3 is 14.8 Å². The van der Waals surface area contributed by atoms with E-state index in [2.05, 4.69) is 5.32 Å². The van der Waals surface area contributed by atoms with Crippen LogP contribution in [0.2, 0.25) is 10.0 Å². The van der Waals surface area contributed by atoms with Gasteiger partial charge in [0.15, 0.2) is 4.90 Å². The van der Waals surface area contributed by atoms with Crippen LogP contribution >= 0.6 is 35.0 Å². The first-order chi connectivity index (χ1) is 18.6. The van der Waals surface area contributed by atoms with Gasteiger partial charge in [-0.2, -0.15) is 11.8 Å². The molecule has 0 unspecified atom stereocenters. The fourth-order valence-corrected chi connectivity index (χ4v) is 6.72. The van der Waals surface area contributed by atoms with Crippen LogP contribution in [0.4, 0.5) is 11.4 Å². The monoisotopic (exact) mass is 613 g/mol. The Bertz CT molecular complexity index is 1440. The van der Waals surface area contributed by atoms with Crippen molar-refractivity contribution in [2.45, 2.75) is 10.6 Å². The number of methoxy groups -OCH3 is 2. The molecule has 1 amide bonds. The lowest BCUT2D eigenvalue weighted by Crippen LogP contribution is -2.41. The molecular formula is C25H25Cl2N3O7S2. The lowest BCUT2D eigenvalue weighted by molar-refractivity contribution is -0.387. The number of ether oxygens (including phenoxy) is 2. The molecule has 0 bridgehead atoms. The fourth-order valence-electron chi connectivity index (χ4n) is 3.53. The Labute approximate surface area is 240 Å². The van der Waals surface area contributed by atoms with E-state index in [9.17, 15) is 23.3 Å². The van der Waals surface area contributed by atoms with E-state index in [0.29, 0.717) is 27.3 Å². The van der Waals surface area contributed by atoms with Crippen molar-refractivity contribution in [2.24, 2.45) is 0 Å². The van der Waals surface area contributed by atoms with E-state index in [1.54, 1.807) is 18.2 Å². The maximum atomic E-state index is 13.7. The van der Waals surface area contributed by atoms with Gasteiger partial charge in [-0.25, -0.2) is 8.42 Å². The van der Waals surface area contributed by atoms with Crippen LogP contribution in [0.1, 0.15) is 5.56 Å². The molecule has 0 aliphatic heterocycles. The Hall–Kier alpha value is -3.19. The average Bonchev–Trinajstić information content (AvgIpc) is 2.92. The molecule has 3 rings (SSSR count). The molecule has 0 aliphatic carbocycles. The number of rotatable bonds is 13. The highest BCUT2D eigenvalue weighted by molar-refractivity contribution is 7.98. The van der Waals surface area contributed by atoms with Gasteiger partial charge in [-0.15, -0.1) is 0 Å². The van der Waals surface area contributed by atoms with E-state index in [1.807, 2.05) is 0 Å². The number of benzene rings is 3. The highest BCUT2D eigenvalue weighted by atomic mass is 35.5. The van der Waals surface area contributed by atoms with Crippen molar-refractivity contribution in [3.63, 3.8) is 0 Å². The molecular weight excluding hydrogens is 589 g/mol. The van der Waals surface area contributed by atoms with Gasteiger partial charge in [-0.05, 0) is 35.9 Å². The molecule has 0 saturated carbocycles. The lowest BCUT2D eigenvalue weighted by atomic mass is 10.2. The number of nitro benzene ring substituents is 1. The molecule has 0 saturated heterocycles. The van der Waals surface area contributed by atoms with E-state index in [0.717, 1.165) is 22.0 Å². The minimum Gasteiger partial charge on any atom is -0.497 e. The largest absolute Gasteiger partial charge is 0.497 e. The van der Waals surface area contributed by atoms with Crippen LogP contribution in [0.5, 0.6) is 11.5 Å². The van der Waals surface area contributed by atoms with Gasteiger partial charge in [0.1, 0.15) is 18.0 Å². The number of nitrogens with zero attached hydrogens (tertiary/aromatic N) is 2. The summed E-state index contributed by atoms with van der Waals surface area (Å²) in [4.78, 5) is 23.2. The van der Waals surface area contributed by atoms with Crippen LogP contribution in [0.15, 0.2) is 65.6 Å². The quantitative estimate of drug-likeness (QED) is 0.159. The minimum absolute atomic E-state index is 0.00865. The molecule has 0 atom stereocenters. The van der Waals surface area contributed by atoms with Crippen molar-refractivity contribution in [3.05, 3.63) is 86.4 Å². The first-order valence-electron chi connectivity index (χ1n) is 11.4. The van der Waals surface area contributed by atoms with E-state index >= 15 is 0 Å².